The topological polar surface area (TPSA) is 118 Å². The molecule has 0 bridgehead atoms. The first-order chi connectivity index (χ1) is 13.8. The van der Waals surface area contributed by atoms with Gasteiger partial charge in [0.05, 0.1) is 0 Å². The number of hydrogen-bond acceptors (Lipinski definition) is 5. The van der Waals surface area contributed by atoms with Crippen molar-refractivity contribution in [2.75, 3.05) is 11.9 Å². The predicted molar refractivity (Wildman–Crippen MR) is 111 cm³/mol. The summed E-state index contributed by atoms with van der Waals surface area (Å²) in [5.74, 6) is -0.662. The lowest BCUT2D eigenvalue weighted by Crippen LogP contribution is -2.43. The summed E-state index contributed by atoms with van der Waals surface area (Å²) in [7, 11) is 0. The summed E-state index contributed by atoms with van der Waals surface area (Å²) < 4.78 is 5.21. The van der Waals surface area contributed by atoms with E-state index in [-0.39, 0.29) is 24.1 Å². The minimum Gasteiger partial charge on any atom is -0.423 e. The number of benzene rings is 1. The molecule has 0 spiro atoms. The fourth-order valence-electron chi connectivity index (χ4n) is 2.94. The van der Waals surface area contributed by atoms with Crippen molar-refractivity contribution in [2.24, 2.45) is 0 Å². The van der Waals surface area contributed by atoms with Crippen molar-refractivity contribution in [2.45, 2.75) is 52.5 Å². The average Bonchev–Trinajstić information content (AvgIpc) is 2.65. The molecule has 29 heavy (non-hydrogen) atoms. The standard InChI is InChI=1S/C21H27N3O5/c1-4-19(26)24-17(7-5-6-10-22-14(3)25)21(28)23-15-8-9-16-13(2)11-20(27)29-18(16)12-15/h8-9,11-12,17H,4-7,10H2,1-3H3,(H,22,25)(H,23,28)(H,24,26)/t17-/m0/s1. The largest absolute Gasteiger partial charge is 0.423 e. The molecule has 1 aromatic carbocycles. The molecular weight excluding hydrogens is 374 g/mol. The molecule has 2 rings (SSSR count). The van der Waals surface area contributed by atoms with Gasteiger partial charge in [0.2, 0.25) is 17.7 Å². The Morgan fingerprint density at radius 2 is 1.90 bits per heavy atom. The van der Waals surface area contributed by atoms with Gasteiger partial charge in [-0.1, -0.05) is 6.92 Å². The van der Waals surface area contributed by atoms with Gasteiger partial charge in [0, 0.05) is 43.1 Å². The molecule has 3 N–H and O–H groups in total. The third-order valence-electron chi connectivity index (χ3n) is 4.49. The molecule has 0 aliphatic rings. The van der Waals surface area contributed by atoms with E-state index in [9.17, 15) is 19.2 Å². The first kappa shape index (κ1) is 22.1. The van der Waals surface area contributed by atoms with Crippen LogP contribution in [0.25, 0.3) is 11.0 Å². The highest BCUT2D eigenvalue weighted by atomic mass is 16.4. The van der Waals surface area contributed by atoms with Crippen molar-refractivity contribution in [3.8, 4) is 0 Å². The van der Waals surface area contributed by atoms with Crippen LogP contribution >= 0.6 is 0 Å². The first-order valence-electron chi connectivity index (χ1n) is 9.69. The highest BCUT2D eigenvalue weighted by Crippen LogP contribution is 2.21. The molecule has 1 atom stereocenters. The average molecular weight is 401 g/mol. The van der Waals surface area contributed by atoms with Crippen LogP contribution in [-0.4, -0.2) is 30.3 Å². The molecular formula is C21H27N3O5. The zero-order valence-corrected chi connectivity index (χ0v) is 17.0. The summed E-state index contributed by atoms with van der Waals surface area (Å²) in [5, 5.41) is 9.00. The molecule has 0 unspecified atom stereocenters. The predicted octanol–water partition coefficient (Wildman–Crippen LogP) is 2.24. The minimum absolute atomic E-state index is 0.100. The summed E-state index contributed by atoms with van der Waals surface area (Å²) in [6.45, 7) is 5.50. The Morgan fingerprint density at radius 1 is 1.14 bits per heavy atom. The van der Waals surface area contributed by atoms with E-state index in [1.165, 1.54) is 13.0 Å². The summed E-state index contributed by atoms with van der Waals surface area (Å²) in [6.07, 6.45) is 2.08. The van der Waals surface area contributed by atoms with Crippen LogP contribution in [0.15, 0.2) is 33.5 Å². The van der Waals surface area contributed by atoms with Gasteiger partial charge in [-0.3, -0.25) is 14.4 Å². The number of fused-ring (bicyclic) bond motifs is 1. The van der Waals surface area contributed by atoms with E-state index in [0.717, 1.165) is 10.9 Å². The number of carbonyl (C=O) groups excluding carboxylic acids is 3. The lowest BCUT2D eigenvalue weighted by molar-refractivity contribution is -0.126. The van der Waals surface area contributed by atoms with E-state index in [0.29, 0.717) is 37.1 Å². The number of carbonyl (C=O) groups is 3. The number of rotatable bonds is 9. The van der Waals surface area contributed by atoms with E-state index in [4.69, 9.17) is 4.42 Å². The zero-order chi connectivity index (χ0) is 21.4. The number of amides is 3. The molecule has 1 heterocycles. The fraction of sp³-hybridized carbons (Fsp3) is 0.429. The van der Waals surface area contributed by atoms with E-state index in [1.807, 2.05) is 6.92 Å². The summed E-state index contributed by atoms with van der Waals surface area (Å²) in [4.78, 5) is 47.0. The van der Waals surface area contributed by atoms with Gasteiger partial charge in [-0.05, 0) is 43.9 Å². The Balaban J connectivity index is 2.07. The van der Waals surface area contributed by atoms with Crippen molar-refractivity contribution in [3.63, 3.8) is 0 Å². The third-order valence-corrected chi connectivity index (χ3v) is 4.49. The Labute approximate surface area is 169 Å². The van der Waals surface area contributed by atoms with Gasteiger partial charge in [0.1, 0.15) is 11.6 Å². The third kappa shape index (κ3) is 6.74. The number of aryl methyl sites for hydroxylation is 1. The molecule has 0 saturated heterocycles. The molecule has 2 aromatic rings. The summed E-state index contributed by atoms with van der Waals surface area (Å²) in [6, 6.07) is 5.81. The Kier molecular flexibility index (Phi) is 7.94. The van der Waals surface area contributed by atoms with Crippen LogP contribution in [0, 0.1) is 6.92 Å². The van der Waals surface area contributed by atoms with Crippen molar-refractivity contribution >= 4 is 34.4 Å². The van der Waals surface area contributed by atoms with Crippen LogP contribution in [0.3, 0.4) is 0 Å². The van der Waals surface area contributed by atoms with Crippen LogP contribution in [0.1, 0.15) is 45.1 Å². The fourth-order valence-corrected chi connectivity index (χ4v) is 2.94. The lowest BCUT2D eigenvalue weighted by atomic mass is 10.1. The van der Waals surface area contributed by atoms with Crippen molar-refractivity contribution in [1.82, 2.24) is 10.6 Å². The van der Waals surface area contributed by atoms with E-state index in [2.05, 4.69) is 16.0 Å². The van der Waals surface area contributed by atoms with Gasteiger partial charge in [0.25, 0.3) is 0 Å². The number of hydrogen-bond donors (Lipinski definition) is 3. The first-order valence-corrected chi connectivity index (χ1v) is 9.69. The number of anilines is 1. The molecule has 0 radical (unpaired) electrons. The highest BCUT2D eigenvalue weighted by molar-refractivity contribution is 5.98. The molecule has 0 fully saturated rings. The van der Waals surface area contributed by atoms with Crippen LogP contribution in [0.4, 0.5) is 5.69 Å². The number of unbranched alkanes of at least 4 members (excludes halogenated alkanes) is 1. The van der Waals surface area contributed by atoms with Crippen LogP contribution in [-0.2, 0) is 14.4 Å². The molecule has 0 saturated carbocycles. The molecule has 3 amide bonds. The van der Waals surface area contributed by atoms with Crippen molar-refractivity contribution in [3.05, 3.63) is 40.2 Å². The second kappa shape index (κ2) is 10.4. The quantitative estimate of drug-likeness (QED) is 0.440. The van der Waals surface area contributed by atoms with Gasteiger partial charge >= 0.3 is 5.63 Å². The van der Waals surface area contributed by atoms with Crippen molar-refractivity contribution < 1.29 is 18.8 Å². The van der Waals surface area contributed by atoms with Gasteiger partial charge in [-0.2, -0.15) is 0 Å². The lowest BCUT2D eigenvalue weighted by Gasteiger charge is -2.18. The monoisotopic (exact) mass is 401 g/mol. The molecule has 156 valence electrons. The maximum absolute atomic E-state index is 12.7. The Bertz CT molecular complexity index is 951. The SMILES string of the molecule is CCC(=O)N[C@@H](CCCCNC(C)=O)C(=O)Nc1ccc2c(C)cc(=O)oc2c1. The molecule has 8 nitrogen and oxygen atoms in total. The zero-order valence-electron chi connectivity index (χ0n) is 17.0. The maximum Gasteiger partial charge on any atom is 0.336 e. The summed E-state index contributed by atoms with van der Waals surface area (Å²) >= 11 is 0. The molecule has 1 aromatic heterocycles. The van der Waals surface area contributed by atoms with E-state index >= 15 is 0 Å². The second-order valence-electron chi connectivity index (χ2n) is 6.90. The summed E-state index contributed by atoms with van der Waals surface area (Å²) in [5.41, 5.74) is 1.20. The van der Waals surface area contributed by atoms with Gasteiger partial charge in [0.15, 0.2) is 0 Å². The van der Waals surface area contributed by atoms with Gasteiger partial charge < -0.3 is 20.4 Å². The Hall–Kier alpha value is -3.16. The van der Waals surface area contributed by atoms with Crippen LogP contribution in [0.2, 0.25) is 0 Å². The second-order valence-corrected chi connectivity index (χ2v) is 6.90. The van der Waals surface area contributed by atoms with Crippen LogP contribution in [0.5, 0.6) is 0 Å². The normalized spacial score (nSPS) is 11.7. The Morgan fingerprint density at radius 3 is 2.59 bits per heavy atom. The van der Waals surface area contributed by atoms with Gasteiger partial charge in [-0.15, -0.1) is 0 Å². The van der Waals surface area contributed by atoms with Crippen molar-refractivity contribution in [1.29, 1.82) is 0 Å². The highest BCUT2D eigenvalue weighted by Gasteiger charge is 2.20. The minimum atomic E-state index is -0.694. The van der Waals surface area contributed by atoms with Gasteiger partial charge in [-0.25, -0.2) is 4.79 Å². The smallest absolute Gasteiger partial charge is 0.336 e. The molecule has 0 aliphatic heterocycles. The maximum atomic E-state index is 12.7. The number of nitrogens with one attached hydrogen (secondary N) is 3. The van der Waals surface area contributed by atoms with E-state index in [1.54, 1.807) is 25.1 Å². The van der Waals surface area contributed by atoms with Crippen LogP contribution < -0.4 is 21.6 Å². The molecule has 8 heteroatoms. The van der Waals surface area contributed by atoms with E-state index < -0.39 is 11.7 Å². The molecule has 0 aliphatic carbocycles.